The van der Waals surface area contributed by atoms with E-state index in [4.69, 9.17) is 15.2 Å². The minimum Gasteiger partial charge on any atom is -0.484 e. The Morgan fingerprint density at radius 2 is 2.30 bits per heavy atom. The number of piperidine rings is 1. The number of nitrogen functional groups attached to an aromatic ring is 1. The Balaban J connectivity index is 2.06. The van der Waals surface area contributed by atoms with E-state index in [-0.39, 0.29) is 6.10 Å². The molecule has 0 aromatic carbocycles. The number of hydrogen-bond acceptors (Lipinski definition) is 6. The smallest absolute Gasteiger partial charge is 0.198 e. The van der Waals surface area contributed by atoms with Crippen LogP contribution in [0.2, 0.25) is 0 Å². The Morgan fingerprint density at radius 3 is 3.00 bits per heavy atom. The summed E-state index contributed by atoms with van der Waals surface area (Å²) in [6, 6.07) is 0. The molecule has 1 atom stereocenters. The fraction of sp³-hybridized carbons (Fsp3) is 0.786. The van der Waals surface area contributed by atoms with Gasteiger partial charge in [0, 0.05) is 19.7 Å². The third-order valence-corrected chi connectivity index (χ3v) is 4.14. The molecule has 0 radical (unpaired) electrons. The zero-order valence-electron chi connectivity index (χ0n) is 12.6. The quantitative estimate of drug-likeness (QED) is 0.875. The largest absolute Gasteiger partial charge is 0.484 e. The standard InChI is InChI=1S/C14H25N3O2S/c1-4-8-18-11-6-5-7-17(9-11)14-12(19-10(2)3)13(15)16-20-14/h10-11H,4-9H2,1-3H3,(H2,15,16). The van der Waals surface area contributed by atoms with Crippen molar-refractivity contribution in [2.75, 3.05) is 30.3 Å². The van der Waals surface area contributed by atoms with Gasteiger partial charge in [0.15, 0.2) is 16.6 Å². The van der Waals surface area contributed by atoms with E-state index in [0.29, 0.717) is 11.9 Å². The lowest BCUT2D eigenvalue weighted by molar-refractivity contribution is 0.0441. The first-order chi connectivity index (χ1) is 9.61. The summed E-state index contributed by atoms with van der Waals surface area (Å²) in [4.78, 5) is 2.30. The zero-order chi connectivity index (χ0) is 14.5. The van der Waals surface area contributed by atoms with Crippen LogP contribution in [0, 0.1) is 0 Å². The summed E-state index contributed by atoms with van der Waals surface area (Å²) >= 11 is 1.42. The molecule has 0 amide bonds. The van der Waals surface area contributed by atoms with Gasteiger partial charge in [0.25, 0.3) is 0 Å². The predicted molar refractivity (Wildman–Crippen MR) is 83.8 cm³/mol. The third kappa shape index (κ3) is 3.76. The van der Waals surface area contributed by atoms with E-state index in [1.54, 1.807) is 0 Å². The summed E-state index contributed by atoms with van der Waals surface area (Å²) in [6.45, 7) is 8.89. The number of hydrogen-bond donors (Lipinski definition) is 1. The topological polar surface area (TPSA) is 60.6 Å². The SMILES string of the molecule is CCCOC1CCCN(c2snc(N)c2OC(C)C)C1. The molecular formula is C14H25N3O2S. The molecule has 20 heavy (non-hydrogen) atoms. The molecule has 1 saturated heterocycles. The molecule has 2 N–H and O–H groups in total. The van der Waals surface area contributed by atoms with Crippen molar-refractivity contribution in [3.63, 3.8) is 0 Å². The monoisotopic (exact) mass is 299 g/mol. The fourth-order valence-electron chi connectivity index (χ4n) is 2.38. The van der Waals surface area contributed by atoms with Crippen LogP contribution in [-0.2, 0) is 4.74 Å². The van der Waals surface area contributed by atoms with Crippen molar-refractivity contribution in [3.8, 4) is 5.75 Å². The lowest BCUT2D eigenvalue weighted by Gasteiger charge is -2.33. The number of aromatic nitrogens is 1. The van der Waals surface area contributed by atoms with Crippen molar-refractivity contribution >= 4 is 22.4 Å². The van der Waals surface area contributed by atoms with Gasteiger partial charge in [-0.05, 0) is 44.6 Å². The van der Waals surface area contributed by atoms with Gasteiger partial charge < -0.3 is 20.1 Å². The van der Waals surface area contributed by atoms with E-state index in [9.17, 15) is 0 Å². The summed E-state index contributed by atoms with van der Waals surface area (Å²) in [6.07, 6.45) is 3.73. The van der Waals surface area contributed by atoms with E-state index >= 15 is 0 Å². The minimum atomic E-state index is 0.101. The van der Waals surface area contributed by atoms with Crippen molar-refractivity contribution in [2.45, 2.75) is 52.2 Å². The first kappa shape index (κ1) is 15.4. The maximum absolute atomic E-state index is 5.93. The molecule has 1 aromatic rings. The summed E-state index contributed by atoms with van der Waals surface area (Å²) in [7, 11) is 0. The number of nitrogens with zero attached hydrogens (tertiary/aromatic N) is 2. The summed E-state index contributed by atoms with van der Waals surface area (Å²) in [5, 5.41) is 1.04. The molecule has 1 unspecified atom stereocenters. The van der Waals surface area contributed by atoms with Crippen LogP contribution in [0.4, 0.5) is 10.8 Å². The first-order valence-corrected chi connectivity index (χ1v) is 8.17. The number of anilines is 2. The number of ether oxygens (including phenoxy) is 2. The predicted octanol–water partition coefficient (Wildman–Crippen LogP) is 2.91. The Kier molecular flexibility index (Phi) is 5.48. The molecule has 1 aliphatic heterocycles. The van der Waals surface area contributed by atoms with Gasteiger partial charge in [-0.1, -0.05) is 6.92 Å². The van der Waals surface area contributed by atoms with E-state index < -0.39 is 0 Å². The Morgan fingerprint density at radius 1 is 1.50 bits per heavy atom. The lowest BCUT2D eigenvalue weighted by atomic mass is 10.1. The molecule has 114 valence electrons. The molecule has 1 fully saturated rings. The van der Waals surface area contributed by atoms with Crippen LogP contribution in [0.15, 0.2) is 0 Å². The fourth-order valence-corrected chi connectivity index (χ4v) is 3.16. The average Bonchev–Trinajstić information content (AvgIpc) is 2.78. The summed E-state index contributed by atoms with van der Waals surface area (Å²) in [5.41, 5.74) is 5.93. The van der Waals surface area contributed by atoms with Crippen LogP contribution in [0.5, 0.6) is 5.75 Å². The van der Waals surface area contributed by atoms with E-state index in [1.807, 2.05) is 13.8 Å². The van der Waals surface area contributed by atoms with Crippen LogP contribution in [0.1, 0.15) is 40.0 Å². The van der Waals surface area contributed by atoms with Crippen molar-refractivity contribution in [1.29, 1.82) is 0 Å². The van der Waals surface area contributed by atoms with Crippen molar-refractivity contribution < 1.29 is 9.47 Å². The maximum Gasteiger partial charge on any atom is 0.198 e. The van der Waals surface area contributed by atoms with Gasteiger partial charge in [0.1, 0.15) is 0 Å². The maximum atomic E-state index is 5.93. The lowest BCUT2D eigenvalue weighted by Crippen LogP contribution is -2.39. The van der Waals surface area contributed by atoms with Crippen molar-refractivity contribution in [1.82, 2.24) is 4.37 Å². The van der Waals surface area contributed by atoms with Crippen molar-refractivity contribution in [2.24, 2.45) is 0 Å². The average molecular weight is 299 g/mol. The van der Waals surface area contributed by atoms with Crippen LogP contribution in [0.25, 0.3) is 0 Å². The number of rotatable bonds is 6. The van der Waals surface area contributed by atoms with Crippen LogP contribution >= 0.6 is 11.5 Å². The minimum absolute atomic E-state index is 0.101. The Labute approximate surface area is 125 Å². The second kappa shape index (κ2) is 7.13. The third-order valence-electron chi connectivity index (χ3n) is 3.23. The van der Waals surface area contributed by atoms with E-state index in [1.165, 1.54) is 11.5 Å². The first-order valence-electron chi connectivity index (χ1n) is 7.40. The molecule has 2 heterocycles. The molecular weight excluding hydrogens is 274 g/mol. The normalized spacial score (nSPS) is 19.6. The van der Waals surface area contributed by atoms with Gasteiger partial charge >= 0.3 is 0 Å². The van der Waals surface area contributed by atoms with E-state index in [0.717, 1.165) is 49.7 Å². The molecule has 1 aromatic heterocycles. The Hall–Kier alpha value is -1.01. The van der Waals surface area contributed by atoms with Gasteiger partial charge in [-0.2, -0.15) is 4.37 Å². The molecule has 0 bridgehead atoms. The highest BCUT2D eigenvalue weighted by Crippen LogP contribution is 2.40. The molecule has 0 aliphatic carbocycles. The number of nitrogens with two attached hydrogens (primary N) is 1. The van der Waals surface area contributed by atoms with Crippen LogP contribution in [-0.4, -0.2) is 36.3 Å². The van der Waals surface area contributed by atoms with Gasteiger partial charge in [0.2, 0.25) is 0 Å². The molecule has 0 spiro atoms. The Bertz CT molecular complexity index is 423. The van der Waals surface area contributed by atoms with Gasteiger partial charge in [-0.25, -0.2) is 0 Å². The van der Waals surface area contributed by atoms with Crippen molar-refractivity contribution in [3.05, 3.63) is 0 Å². The highest BCUT2D eigenvalue weighted by molar-refractivity contribution is 7.11. The summed E-state index contributed by atoms with van der Waals surface area (Å²) < 4.78 is 16.0. The van der Waals surface area contributed by atoms with Gasteiger partial charge in [-0.15, -0.1) is 0 Å². The zero-order valence-corrected chi connectivity index (χ0v) is 13.4. The molecule has 1 aliphatic rings. The molecule has 0 saturated carbocycles. The van der Waals surface area contributed by atoms with Crippen LogP contribution in [0.3, 0.4) is 0 Å². The van der Waals surface area contributed by atoms with Gasteiger partial charge in [-0.3, -0.25) is 0 Å². The van der Waals surface area contributed by atoms with Crippen LogP contribution < -0.4 is 15.4 Å². The van der Waals surface area contributed by atoms with E-state index in [2.05, 4.69) is 16.2 Å². The second-order valence-corrected chi connectivity index (χ2v) is 6.20. The highest BCUT2D eigenvalue weighted by atomic mass is 32.1. The highest BCUT2D eigenvalue weighted by Gasteiger charge is 2.26. The van der Waals surface area contributed by atoms with Gasteiger partial charge in [0.05, 0.1) is 12.2 Å². The summed E-state index contributed by atoms with van der Waals surface area (Å²) in [5.74, 6) is 1.23. The molecule has 5 nitrogen and oxygen atoms in total. The second-order valence-electron chi connectivity index (χ2n) is 5.45. The molecule has 6 heteroatoms. The molecule has 2 rings (SSSR count).